The second-order valence-corrected chi connectivity index (χ2v) is 6.06. The summed E-state index contributed by atoms with van der Waals surface area (Å²) in [6.45, 7) is 2.00. The molecule has 2 heterocycles. The van der Waals surface area contributed by atoms with Gasteiger partial charge in [0.25, 0.3) is 0 Å². The summed E-state index contributed by atoms with van der Waals surface area (Å²) in [6, 6.07) is 14.4. The Hall–Kier alpha value is -1.87. The number of nitrogens with zero attached hydrogens (tertiary/aromatic N) is 1. The highest BCUT2D eigenvalue weighted by Crippen LogP contribution is 2.23. The summed E-state index contributed by atoms with van der Waals surface area (Å²) in [4.78, 5) is 14.8. The van der Waals surface area contributed by atoms with Crippen LogP contribution in [0.25, 0.3) is 0 Å². The highest BCUT2D eigenvalue weighted by molar-refractivity contribution is 5.93. The first-order chi connectivity index (χ1) is 10.8. The summed E-state index contributed by atoms with van der Waals surface area (Å²) >= 11 is 0. The van der Waals surface area contributed by atoms with Crippen LogP contribution in [0.5, 0.6) is 0 Å². The maximum atomic E-state index is 12.4. The Morgan fingerprint density at radius 3 is 2.73 bits per heavy atom. The molecule has 1 aromatic heterocycles. The molecular formula is C19H23NO2. The van der Waals surface area contributed by atoms with Crippen LogP contribution in [0.3, 0.4) is 0 Å². The lowest BCUT2D eigenvalue weighted by atomic mass is 10.0. The van der Waals surface area contributed by atoms with Crippen LogP contribution in [0.15, 0.2) is 53.1 Å². The van der Waals surface area contributed by atoms with E-state index in [1.165, 1.54) is 24.8 Å². The molecule has 0 radical (unpaired) electrons. The molecular weight excluding hydrogens is 274 g/mol. The maximum Gasteiger partial charge on any atom is 0.199 e. The molecule has 0 bridgehead atoms. The lowest BCUT2D eigenvalue weighted by Gasteiger charge is -2.29. The van der Waals surface area contributed by atoms with E-state index in [0.29, 0.717) is 18.2 Å². The van der Waals surface area contributed by atoms with Crippen LogP contribution in [0.4, 0.5) is 0 Å². The van der Waals surface area contributed by atoms with E-state index in [2.05, 4.69) is 29.2 Å². The van der Waals surface area contributed by atoms with E-state index < -0.39 is 0 Å². The molecule has 116 valence electrons. The fourth-order valence-electron chi connectivity index (χ4n) is 3.25. The molecule has 0 spiro atoms. The van der Waals surface area contributed by atoms with Crippen LogP contribution >= 0.6 is 0 Å². The number of furan rings is 1. The number of likely N-dealkylation sites (tertiary alicyclic amines) is 1. The molecule has 1 aliphatic rings. The number of rotatable bonds is 5. The van der Waals surface area contributed by atoms with Gasteiger partial charge in [-0.2, -0.15) is 0 Å². The minimum absolute atomic E-state index is 0.120. The third-order valence-electron chi connectivity index (χ3n) is 4.44. The highest BCUT2D eigenvalue weighted by Gasteiger charge is 2.24. The van der Waals surface area contributed by atoms with Crippen molar-refractivity contribution in [3.63, 3.8) is 0 Å². The Balaban J connectivity index is 1.69. The summed E-state index contributed by atoms with van der Waals surface area (Å²) in [7, 11) is 0. The molecule has 3 heteroatoms. The zero-order chi connectivity index (χ0) is 15.2. The lowest BCUT2D eigenvalue weighted by Crippen LogP contribution is -2.36. The number of ketones is 1. The Bertz CT molecular complexity index is 577. The van der Waals surface area contributed by atoms with E-state index >= 15 is 0 Å². The van der Waals surface area contributed by atoms with Gasteiger partial charge in [0, 0.05) is 19.0 Å². The molecule has 1 unspecified atom stereocenters. The SMILES string of the molecule is O=C(CC1CCCCCN1Cc1ccccc1)c1ccco1. The number of Topliss-reactive ketones (excluding diaryl/α,β-unsaturated/α-hetero) is 1. The van der Waals surface area contributed by atoms with E-state index in [4.69, 9.17) is 4.42 Å². The maximum absolute atomic E-state index is 12.4. The standard InChI is InChI=1S/C19H23NO2/c21-18(19-11-7-13-22-19)14-17-10-5-2-6-12-20(17)15-16-8-3-1-4-9-16/h1,3-4,7-9,11,13,17H,2,5-6,10,12,14-15H2. The van der Waals surface area contributed by atoms with Crippen LogP contribution in [0, 0.1) is 0 Å². The van der Waals surface area contributed by atoms with E-state index in [-0.39, 0.29) is 5.78 Å². The number of carbonyl (C=O) groups is 1. The fourth-order valence-corrected chi connectivity index (χ4v) is 3.25. The molecule has 1 saturated heterocycles. The van der Waals surface area contributed by atoms with Crippen molar-refractivity contribution in [1.82, 2.24) is 4.90 Å². The number of benzene rings is 1. The largest absolute Gasteiger partial charge is 0.461 e. The smallest absolute Gasteiger partial charge is 0.199 e. The lowest BCUT2D eigenvalue weighted by molar-refractivity contribution is 0.0884. The van der Waals surface area contributed by atoms with E-state index in [9.17, 15) is 4.79 Å². The van der Waals surface area contributed by atoms with E-state index in [1.807, 2.05) is 6.07 Å². The van der Waals surface area contributed by atoms with Crippen LogP contribution < -0.4 is 0 Å². The van der Waals surface area contributed by atoms with Gasteiger partial charge in [-0.3, -0.25) is 9.69 Å². The topological polar surface area (TPSA) is 33.5 Å². The summed E-state index contributed by atoms with van der Waals surface area (Å²) in [5.74, 6) is 0.610. The zero-order valence-corrected chi connectivity index (χ0v) is 12.9. The first-order valence-electron chi connectivity index (χ1n) is 8.17. The predicted molar refractivity (Wildman–Crippen MR) is 86.8 cm³/mol. The van der Waals surface area contributed by atoms with Crippen LogP contribution in [-0.4, -0.2) is 23.3 Å². The third kappa shape index (κ3) is 3.86. The van der Waals surface area contributed by atoms with Gasteiger partial charge in [-0.05, 0) is 37.1 Å². The fraction of sp³-hybridized carbons (Fsp3) is 0.421. The van der Waals surface area contributed by atoms with Gasteiger partial charge in [0.2, 0.25) is 0 Å². The van der Waals surface area contributed by atoms with Gasteiger partial charge >= 0.3 is 0 Å². The minimum atomic E-state index is 0.120. The van der Waals surface area contributed by atoms with Crippen LogP contribution in [0.2, 0.25) is 0 Å². The van der Waals surface area contributed by atoms with Crippen molar-refractivity contribution >= 4 is 5.78 Å². The monoisotopic (exact) mass is 297 g/mol. The molecule has 0 aliphatic carbocycles. The van der Waals surface area contributed by atoms with Crippen LogP contribution in [-0.2, 0) is 6.54 Å². The Morgan fingerprint density at radius 2 is 1.95 bits per heavy atom. The Morgan fingerprint density at radius 1 is 1.09 bits per heavy atom. The van der Waals surface area contributed by atoms with Crippen molar-refractivity contribution in [3.05, 3.63) is 60.1 Å². The van der Waals surface area contributed by atoms with Gasteiger partial charge in [0.05, 0.1) is 6.26 Å². The van der Waals surface area contributed by atoms with Crippen molar-refractivity contribution in [1.29, 1.82) is 0 Å². The van der Waals surface area contributed by atoms with E-state index in [1.54, 1.807) is 18.4 Å². The van der Waals surface area contributed by atoms with Crippen molar-refractivity contribution in [2.24, 2.45) is 0 Å². The minimum Gasteiger partial charge on any atom is -0.461 e. The van der Waals surface area contributed by atoms with Crippen molar-refractivity contribution in [2.75, 3.05) is 6.54 Å². The first-order valence-corrected chi connectivity index (χ1v) is 8.17. The normalized spacial score (nSPS) is 19.7. The van der Waals surface area contributed by atoms with Gasteiger partial charge in [-0.1, -0.05) is 43.2 Å². The summed E-state index contributed by atoms with van der Waals surface area (Å²) in [5, 5.41) is 0. The number of hydrogen-bond donors (Lipinski definition) is 0. The Labute approximate surface area is 131 Å². The van der Waals surface area contributed by atoms with Gasteiger partial charge in [-0.25, -0.2) is 0 Å². The van der Waals surface area contributed by atoms with Gasteiger partial charge < -0.3 is 4.42 Å². The number of hydrogen-bond acceptors (Lipinski definition) is 3. The highest BCUT2D eigenvalue weighted by atomic mass is 16.3. The predicted octanol–water partition coefficient (Wildman–Crippen LogP) is 4.30. The molecule has 0 saturated carbocycles. The second kappa shape index (κ2) is 7.41. The zero-order valence-electron chi connectivity index (χ0n) is 12.9. The second-order valence-electron chi connectivity index (χ2n) is 6.06. The quantitative estimate of drug-likeness (QED) is 0.772. The summed E-state index contributed by atoms with van der Waals surface area (Å²) in [5.41, 5.74) is 1.32. The van der Waals surface area contributed by atoms with Gasteiger partial charge in [0.1, 0.15) is 0 Å². The number of carbonyl (C=O) groups excluding carboxylic acids is 1. The molecule has 2 aromatic rings. The molecule has 1 atom stereocenters. The summed E-state index contributed by atoms with van der Waals surface area (Å²) in [6.07, 6.45) is 6.91. The molecule has 1 fully saturated rings. The molecule has 3 rings (SSSR count). The van der Waals surface area contributed by atoms with Crippen molar-refractivity contribution < 1.29 is 9.21 Å². The average Bonchev–Trinajstić information content (AvgIpc) is 3.00. The third-order valence-corrected chi connectivity index (χ3v) is 4.44. The molecule has 22 heavy (non-hydrogen) atoms. The van der Waals surface area contributed by atoms with Crippen molar-refractivity contribution in [2.45, 2.75) is 44.7 Å². The van der Waals surface area contributed by atoms with Crippen molar-refractivity contribution in [3.8, 4) is 0 Å². The van der Waals surface area contributed by atoms with Crippen LogP contribution in [0.1, 0.15) is 48.2 Å². The molecule has 1 aliphatic heterocycles. The summed E-state index contributed by atoms with van der Waals surface area (Å²) < 4.78 is 5.25. The molecule has 0 N–H and O–H groups in total. The van der Waals surface area contributed by atoms with Gasteiger partial charge in [0.15, 0.2) is 11.5 Å². The average molecular weight is 297 g/mol. The van der Waals surface area contributed by atoms with E-state index in [0.717, 1.165) is 19.5 Å². The molecule has 3 nitrogen and oxygen atoms in total. The Kier molecular flexibility index (Phi) is 5.07. The first kappa shape index (κ1) is 15.0. The molecule has 1 aromatic carbocycles. The van der Waals surface area contributed by atoms with Gasteiger partial charge in [-0.15, -0.1) is 0 Å². The molecule has 0 amide bonds.